The number of nitrogens with two attached hydrogens (primary N) is 1. The highest BCUT2D eigenvalue weighted by Gasteiger charge is 2.09. The van der Waals surface area contributed by atoms with Crippen LogP contribution in [-0.2, 0) is 0 Å². The van der Waals surface area contributed by atoms with Gasteiger partial charge in [-0.1, -0.05) is 13.8 Å². The molecule has 0 unspecified atom stereocenters. The minimum absolute atomic E-state index is 0.357. The van der Waals surface area contributed by atoms with Gasteiger partial charge in [0.05, 0.1) is 5.69 Å². The van der Waals surface area contributed by atoms with Crippen molar-refractivity contribution in [3.63, 3.8) is 0 Å². The van der Waals surface area contributed by atoms with Gasteiger partial charge in [0.15, 0.2) is 5.82 Å². The lowest BCUT2D eigenvalue weighted by Gasteiger charge is -2.01. The Morgan fingerprint density at radius 2 is 2.20 bits per heavy atom. The van der Waals surface area contributed by atoms with Crippen molar-refractivity contribution >= 4 is 5.82 Å². The van der Waals surface area contributed by atoms with Crippen molar-refractivity contribution in [1.29, 1.82) is 0 Å². The van der Waals surface area contributed by atoms with Gasteiger partial charge in [-0.25, -0.2) is 9.97 Å². The third kappa shape index (κ3) is 1.81. The molecule has 2 heterocycles. The van der Waals surface area contributed by atoms with Crippen LogP contribution in [0.1, 0.15) is 25.5 Å². The van der Waals surface area contributed by atoms with E-state index in [0.29, 0.717) is 17.6 Å². The first-order valence-corrected chi connectivity index (χ1v) is 4.80. The number of anilines is 1. The number of hydrogen-bond acceptors (Lipinski definition) is 4. The number of nitrogens with zero attached hydrogens (tertiary/aromatic N) is 4. The van der Waals surface area contributed by atoms with Crippen LogP contribution in [0, 0.1) is 0 Å². The van der Waals surface area contributed by atoms with Gasteiger partial charge in [-0.15, -0.1) is 0 Å². The van der Waals surface area contributed by atoms with E-state index in [1.54, 1.807) is 16.9 Å². The van der Waals surface area contributed by atoms with Gasteiger partial charge < -0.3 is 5.73 Å². The summed E-state index contributed by atoms with van der Waals surface area (Å²) in [7, 11) is 0. The Labute approximate surface area is 88.0 Å². The van der Waals surface area contributed by atoms with Crippen LogP contribution in [0.15, 0.2) is 24.7 Å². The van der Waals surface area contributed by atoms with Gasteiger partial charge in [-0.2, -0.15) is 9.78 Å². The zero-order chi connectivity index (χ0) is 10.8. The summed E-state index contributed by atoms with van der Waals surface area (Å²) in [6, 6.07) is 3.64. The van der Waals surface area contributed by atoms with Crippen LogP contribution >= 0.6 is 0 Å². The third-order valence-corrected chi connectivity index (χ3v) is 2.13. The molecule has 78 valence electrons. The molecule has 0 atom stereocenters. The molecule has 2 rings (SSSR count). The molecular weight excluding hydrogens is 190 g/mol. The van der Waals surface area contributed by atoms with Crippen LogP contribution in [0.5, 0.6) is 0 Å². The molecule has 0 radical (unpaired) electrons. The van der Waals surface area contributed by atoms with Crippen molar-refractivity contribution in [2.75, 3.05) is 5.73 Å². The molecule has 0 aliphatic heterocycles. The van der Waals surface area contributed by atoms with E-state index in [1.807, 2.05) is 6.07 Å². The molecule has 2 aromatic rings. The molecule has 2 N–H and O–H groups in total. The van der Waals surface area contributed by atoms with Crippen molar-refractivity contribution < 1.29 is 0 Å². The van der Waals surface area contributed by atoms with E-state index in [1.165, 1.54) is 6.33 Å². The van der Waals surface area contributed by atoms with Gasteiger partial charge in [0, 0.05) is 18.3 Å². The summed E-state index contributed by atoms with van der Waals surface area (Å²) >= 11 is 0. The van der Waals surface area contributed by atoms with Crippen LogP contribution in [0.4, 0.5) is 5.82 Å². The molecule has 0 aliphatic rings. The highest BCUT2D eigenvalue weighted by atomic mass is 15.3. The van der Waals surface area contributed by atoms with E-state index >= 15 is 0 Å². The van der Waals surface area contributed by atoms with Gasteiger partial charge in [-0.05, 0) is 5.92 Å². The Morgan fingerprint density at radius 1 is 1.40 bits per heavy atom. The predicted octanol–water partition coefficient (Wildman–Crippen LogP) is 1.37. The van der Waals surface area contributed by atoms with E-state index in [0.717, 1.165) is 5.69 Å². The lowest BCUT2D eigenvalue weighted by atomic mass is 10.1. The molecule has 0 spiro atoms. The fourth-order valence-corrected chi connectivity index (χ4v) is 1.29. The van der Waals surface area contributed by atoms with E-state index in [-0.39, 0.29) is 0 Å². The standard InChI is InChI=1S/C10H13N5/c1-7(2)8-5-9(11)15(14-8)10-3-4-12-6-13-10/h3-7H,11H2,1-2H3. The maximum absolute atomic E-state index is 5.85. The summed E-state index contributed by atoms with van der Waals surface area (Å²) < 4.78 is 1.62. The Hall–Kier alpha value is -1.91. The first kappa shape index (κ1) is 9.64. The maximum Gasteiger partial charge on any atom is 0.159 e. The Morgan fingerprint density at radius 3 is 2.73 bits per heavy atom. The fourth-order valence-electron chi connectivity index (χ4n) is 1.29. The van der Waals surface area contributed by atoms with E-state index in [2.05, 4.69) is 28.9 Å². The average Bonchev–Trinajstić information content (AvgIpc) is 2.62. The lowest BCUT2D eigenvalue weighted by molar-refractivity contribution is 0.759. The summed E-state index contributed by atoms with van der Waals surface area (Å²) in [6.45, 7) is 4.15. The minimum Gasteiger partial charge on any atom is -0.384 e. The fraction of sp³-hybridized carbons (Fsp3) is 0.300. The molecule has 0 aromatic carbocycles. The molecular formula is C10H13N5. The normalized spacial score (nSPS) is 10.9. The van der Waals surface area contributed by atoms with Crippen LogP contribution in [0.25, 0.3) is 5.82 Å². The molecule has 0 amide bonds. The molecule has 2 aromatic heterocycles. The number of rotatable bonds is 2. The summed E-state index contributed by atoms with van der Waals surface area (Å²) in [5, 5.41) is 4.38. The second-order valence-corrected chi connectivity index (χ2v) is 3.63. The summed E-state index contributed by atoms with van der Waals surface area (Å²) in [4.78, 5) is 7.94. The van der Waals surface area contributed by atoms with E-state index < -0.39 is 0 Å². The van der Waals surface area contributed by atoms with Crippen molar-refractivity contribution in [3.05, 3.63) is 30.4 Å². The highest BCUT2D eigenvalue weighted by molar-refractivity contribution is 5.39. The van der Waals surface area contributed by atoms with Crippen LogP contribution in [-0.4, -0.2) is 19.7 Å². The van der Waals surface area contributed by atoms with Crippen LogP contribution in [0.2, 0.25) is 0 Å². The first-order valence-electron chi connectivity index (χ1n) is 4.80. The predicted molar refractivity (Wildman–Crippen MR) is 57.7 cm³/mol. The third-order valence-electron chi connectivity index (χ3n) is 2.13. The Bertz CT molecular complexity index is 446. The largest absolute Gasteiger partial charge is 0.384 e. The van der Waals surface area contributed by atoms with Crippen LogP contribution < -0.4 is 5.73 Å². The summed E-state index contributed by atoms with van der Waals surface area (Å²) in [5.74, 6) is 1.64. The van der Waals surface area contributed by atoms with Crippen molar-refractivity contribution in [2.45, 2.75) is 19.8 Å². The summed E-state index contributed by atoms with van der Waals surface area (Å²) in [5.41, 5.74) is 6.82. The molecule has 5 nitrogen and oxygen atoms in total. The Balaban J connectivity index is 2.45. The zero-order valence-electron chi connectivity index (χ0n) is 8.75. The molecule has 0 saturated carbocycles. The van der Waals surface area contributed by atoms with Crippen molar-refractivity contribution in [3.8, 4) is 5.82 Å². The molecule has 0 saturated heterocycles. The highest BCUT2D eigenvalue weighted by Crippen LogP contribution is 2.17. The molecule has 15 heavy (non-hydrogen) atoms. The quantitative estimate of drug-likeness (QED) is 0.800. The number of aromatic nitrogens is 4. The van der Waals surface area contributed by atoms with Crippen molar-refractivity contribution in [2.24, 2.45) is 0 Å². The summed E-state index contributed by atoms with van der Waals surface area (Å²) in [6.07, 6.45) is 3.14. The lowest BCUT2D eigenvalue weighted by Crippen LogP contribution is -2.04. The van der Waals surface area contributed by atoms with Gasteiger partial charge in [0.2, 0.25) is 0 Å². The molecule has 0 bridgehead atoms. The molecule has 0 fully saturated rings. The zero-order valence-corrected chi connectivity index (χ0v) is 8.75. The molecule has 0 aliphatic carbocycles. The van der Waals surface area contributed by atoms with E-state index in [4.69, 9.17) is 5.73 Å². The van der Waals surface area contributed by atoms with Gasteiger partial charge in [0.25, 0.3) is 0 Å². The monoisotopic (exact) mass is 203 g/mol. The van der Waals surface area contributed by atoms with Gasteiger partial charge in [0.1, 0.15) is 12.1 Å². The SMILES string of the molecule is CC(C)c1cc(N)n(-c2ccncn2)n1. The van der Waals surface area contributed by atoms with Gasteiger partial charge in [-0.3, -0.25) is 0 Å². The first-order chi connectivity index (χ1) is 7.18. The van der Waals surface area contributed by atoms with Gasteiger partial charge >= 0.3 is 0 Å². The molecule has 5 heteroatoms. The number of hydrogen-bond donors (Lipinski definition) is 1. The average molecular weight is 203 g/mol. The van der Waals surface area contributed by atoms with E-state index in [9.17, 15) is 0 Å². The van der Waals surface area contributed by atoms with Crippen LogP contribution in [0.3, 0.4) is 0 Å². The smallest absolute Gasteiger partial charge is 0.159 e. The minimum atomic E-state index is 0.357. The second kappa shape index (κ2) is 3.68. The second-order valence-electron chi connectivity index (χ2n) is 3.63. The Kier molecular flexibility index (Phi) is 2.37. The van der Waals surface area contributed by atoms with Crippen molar-refractivity contribution in [1.82, 2.24) is 19.7 Å². The topological polar surface area (TPSA) is 69.6 Å². The number of nitrogen functional groups attached to an aromatic ring is 1. The maximum atomic E-state index is 5.85.